The monoisotopic (exact) mass is 351 g/mol. The van der Waals surface area contributed by atoms with Crippen molar-refractivity contribution < 1.29 is 9.90 Å². The van der Waals surface area contributed by atoms with Crippen LogP contribution in [0.4, 0.5) is 0 Å². The van der Waals surface area contributed by atoms with Gasteiger partial charge in [0.25, 0.3) is 0 Å². The molecule has 0 aliphatic heterocycles. The molecular formula is C20H21N3O3. The third-order valence-electron chi connectivity index (χ3n) is 4.22. The highest BCUT2D eigenvalue weighted by molar-refractivity contribution is 5.75. The first kappa shape index (κ1) is 17.5. The van der Waals surface area contributed by atoms with Gasteiger partial charge in [-0.15, -0.1) is 0 Å². The predicted octanol–water partition coefficient (Wildman–Crippen LogP) is 2.22. The minimum Gasteiger partial charge on any atom is -0.493 e. The number of hydrogen-bond donors (Lipinski definition) is 3. The van der Waals surface area contributed by atoms with E-state index in [-0.39, 0.29) is 18.3 Å². The molecule has 0 radical (unpaired) electrons. The molecule has 0 aliphatic carbocycles. The number of carbonyl (C=O) groups excluding carboxylic acids is 1. The number of aromatic amines is 1. The molecule has 0 bridgehead atoms. The van der Waals surface area contributed by atoms with E-state index in [0.29, 0.717) is 13.0 Å². The van der Waals surface area contributed by atoms with Crippen LogP contribution in [-0.4, -0.2) is 27.1 Å². The van der Waals surface area contributed by atoms with Crippen molar-refractivity contribution in [3.05, 3.63) is 76.3 Å². The minimum atomic E-state index is -0.510. The lowest BCUT2D eigenvalue weighted by Crippen LogP contribution is -2.32. The molecule has 0 fully saturated rings. The van der Waals surface area contributed by atoms with Crippen LogP contribution in [0.25, 0.3) is 11.1 Å². The number of nitrogens with zero attached hydrogens (tertiary/aromatic N) is 1. The Hall–Kier alpha value is -3.28. The largest absolute Gasteiger partial charge is 0.493 e. The molecule has 134 valence electrons. The molecule has 6 nitrogen and oxygen atoms in total. The van der Waals surface area contributed by atoms with Crippen LogP contribution < -0.4 is 11.0 Å². The Morgan fingerprint density at radius 1 is 1.08 bits per heavy atom. The number of aromatic hydroxyl groups is 1. The minimum absolute atomic E-state index is 0.208. The molecule has 0 aliphatic rings. The molecule has 1 aromatic heterocycles. The second-order valence-electron chi connectivity index (χ2n) is 6.20. The summed E-state index contributed by atoms with van der Waals surface area (Å²) in [6.45, 7) is 2.32. The molecule has 1 heterocycles. The van der Waals surface area contributed by atoms with Gasteiger partial charge in [0.2, 0.25) is 11.8 Å². The van der Waals surface area contributed by atoms with Crippen molar-refractivity contribution in [1.82, 2.24) is 14.9 Å². The summed E-state index contributed by atoms with van der Waals surface area (Å²) in [6, 6.07) is 16.6. The summed E-state index contributed by atoms with van der Waals surface area (Å²) in [6.07, 6.45) is 1.85. The summed E-state index contributed by atoms with van der Waals surface area (Å²) in [5, 5.41) is 12.2. The fraction of sp³-hybridized carbons (Fsp3) is 0.200. The van der Waals surface area contributed by atoms with Gasteiger partial charge in [0.1, 0.15) is 6.54 Å². The number of benzene rings is 2. The lowest BCUT2D eigenvalue weighted by Gasteiger charge is -2.07. The van der Waals surface area contributed by atoms with E-state index in [0.717, 1.165) is 21.9 Å². The van der Waals surface area contributed by atoms with Crippen LogP contribution in [0.3, 0.4) is 0 Å². The second-order valence-corrected chi connectivity index (χ2v) is 6.20. The molecule has 0 unspecified atom stereocenters. The van der Waals surface area contributed by atoms with Crippen LogP contribution in [-0.2, 0) is 17.8 Å². The summed E-state index contributed by atoms with van der Waals surface area (Å²) < 4.78 is 0.978. The lowest BCUT2D eigenvalue weighted by atomic mass is 10.0. The van der Waals surface area contributed by atoms with E-state index in [4.69, 9.17) is 0 Å². The number of aryl methyl sites for hydroxylation is 1. The summed E-state index contributed by atoms with van der Waals surface area (Å²) in [5.41, 5.74) is 4.16. The zero-order chi connectivity index (χ0) is 18.5. The van der Waals surface area contributed by atoms with Gasteiger partial charge < -0.3 is 15.4 Å². The van der Waals surface area contributed by atoms with Crippen LogP contribution in [0.2, 0.25) is 0 Å². The van der Waals surface area contributed by atoms with E-state index in [9.17, 15) is 14.7 Å². The fourth-order valence-corrected chi connectivity index (χ4v) is 2.69. The van der Waals surface area contributed by atoms with Gasteiger partial charge in [-0.05, 0) is 30.0 Å². The van der Waals surface area contributed by atoms with Crippen molar-refractivity contribution in [2.75, 3.05) is 6.54 Å². The number of rotatable bonds is 6. The molecule has 3 aromatic rings. The maximum Gasteiger partial charge on any atom is 0.328 e. The molecule has 6 heteroatoms. The Bertz CT molecular complexity index is 938. The van der Waals surface area contributed by atoms with Crippen LogP contribution in [0.1, 0.15) is 11.1 Å². The van der Waals surface area contributed by atoms with E-state index < -0.39 is 5.69 Å². The van der Waals surface area contributed by atoms with Crippen molar-refractivity contribution in [2.24, 2.45) is 0 Å². The number of aromatic nitrogens is 2. The Morgan fingerprint density at radius 2 is 1.69 bits per heavy atom. The summed E-state index contributed by atoms with van der Waals surface area (Å²) in [5.74, 6) is -0.574. The summed E-state index contributed by atoms with van der Waals surface area (Å²) >= 11 is 0. The van der Waals surface area contributed by atoms with Crippen molar-refractivity contribution in [1.29, 1.82) is 0 Å². The Kier molecular flexibility index (Phi) is 5.22. The normalized spacial score (nSPS) is 10.7. The first-order chi connectivity index (χ1) is 12.5. The number of carbonyl (C=O) groups is 1. The van der Waals surface area contributed by atoms with Crippen molar-refractivity contribution in [3.63, 3.8) is 0 Å². The van der Waals surface area contributed by atoms with Gasteiger partial charge in [0, 0.05) is 6.54 Å². The number of amides is 1. The molecule has 0 atom stereocenters. The molecule has 2 aromatic carbocycles. The SMILES string of the molecule is Cc1ccc(-c2ccc(CCNC(=O)Cn3c(O)c[nH]c3=O)cc2)cc1. The van der Waals surface area contributed by atoms with Crippen molar-refractivity contribution in [2.45, 2.75) is 19.9 Å². The predicted molar refractivity (Wildman–Crippen MR) is 100 cm³/mol. The van der Waals surface area contributed by atoms with Gasteiger partial charge in [-0.1, -0.05) is 54.1 Å². The van der Waals surface area contributed by atoms with E-state index in [2.05, 4.69) is 53.6 Å². The van der Waals surface area contributed by atoms with Crippen molar-refractivity contribution in [3.8, 4) is 17.0 Å². The maximum absolute atomic E-state index is 11.9. The molecule has 0 saturated heterocycles. The third-order valence-corrected chi connectivity index (χ3v) is 4.22. The number of imidazole rings is 1. The quantitative estimate of drug-likeness (QED) is 0.636. The molecule has 3 rings (SSSR count). The highest BCUT2D eigenvalue weighted by atomic mass is 16.3. The van der Waals surface area contributed by atoms with Crippen molar-refractivity contribution >= 4 is 5.91 Å². The highest BCUT2D eigenvalue weighted by Crippen LogP contribution is 2.20. The highest BCUT2D eigenvalue weighted by Gasteiger charge is 2.09. The fourth-order valence-electron chi connectivity index (χ4n) is 2.69. The van der Waals surface area contributed by atoms with Crippen LogP contribution in [0.5, 0.6) is 5.88 Å². The molecular weight excluding hydrogens is 330 g/mol. The van der Waals surface area contributed by atoms with Gasteiger partial charge in [0.05, 0.1) is 6.20 Å². The smallest absolute Gasteiger partial charge is 0.328 e. The van der Waals surface area contributed by atoms with E-state index in [1.165, 1.54) is 11.1 Å². The first-order valence-electron chi connectivity index (χ1n) is 8.43. The number of H-pyrrole nitrogens is 1. The van der Waals surface area contributed by atoms with Crippen LogP contribution >= 0.6 is 0 Å². The van der Waals surface area contributed by atoms with Crippen LogP contribution in [0, 0.1) is 6.92 Å². The second kappa shape index (κ2) is 7.74. The van der Waals surface area contributed by atoms with Gasteiger partial charge in [-0.3, -0.25) is 9.36 Å². The van der Waals surface area contributed by atoms with E-state index in [1.807, 2.05) is 12.1 Å². The molecule has 1 amide bonds. The van der Waals surface area contributed by atoms with E-state index >= 15 is 0 Å². The van der Waals surface area contributed by atoms with Crippen LogP contribution in [0.15, 0.2) is 59.5 Å². The van der Waals surface area contributed by atoms with E-state index in [1.54, 1.807) is 0 Å². The molecule has 0 saturated carbocycles. The van der Waals surface area contributed by atoms with Gasteiger partial charge in [-0.25, -0.2) is 4.79 Å². The Labute approximate surface area is 151 Å². The average Bonchev–Trinajstić information content (AvgIpc) is 2.95. The Morgan fingerprint density at radius 3 is 2.27 bits per heavy atom. The zero-order valence-electron chi connectivity index (χ0n) is 14.5. The summed E-state index contributed by atoms with van der Waals surface area (Å²) in [4.78, 5) is 25.6. The van der Waals surface area contributed by atoms with Gasteiger partial charge in [-0.2, -0.15) is 0 Å². The third kappa shape index (κ3) is 4.22. The Balaban J connectivity index is 1.51. The number of hydrogen-bond acceptors (Lipinski definition) is 3. The first-order valence-corrected chi connectivity index (χ1v) is 8.43. The average molecular weight is 351 g/mol. The van der Waals surface area contributed by atoms with Gasteiger partial charge >= 0.3 is 5.69 Å². The molecule has 26 heavy (non-hydrogen) atoms. The lowest BCUT2D eigenvalue weighted by molar-refractivity contribution is -0.121. The zero-order valence-corrected chi connectivity index (χ0v) is 14.5. The molecule has 3 N–H and O–H groups in total. The summed E-state index contributed by atoms with van der Waals surface area (Å²) in [7, 11) is 0. The number of nitrogens with one attached hydrogen (secondary N) is 2. The molecule has 0 spiro atoms. The maximum atomic E-state index is 11.9. The van der Waals surface area contributed by atoms with Gasteiger partial charge in [0.15, 0.2) is 0 Å². The standard InChI is InChI=1S/C20H21N3O3/c1-14-2-6-16(7-3-14)17-8-4-15(5-9-17)10-11-21-18(24)13-23-19(25)12-22-20(23)26/h2-9,12,25H,10-11,13H2,1H3,(H,21,24)(H,22,26). The topological polar surface area (TPSA) is 87.1 Å².